The normalized spacial score (nSPS) is 19.9. The van der Waals surface area contributed by atoms with Gasteiger partial charge in [-0.2, -0.15) is 0 Å². The largest absolute Gasteiger partial charge is 0.497 e. The number of anilines is 1. The third kappa shape index (κ3) is 3.89. The van der Waals surface area contributed by atoms with Crippen LogP contribution in [0.5, 0.6) is 5.75 Å². The number of rotatable bonds is 3. The summed E-state index contributed by atoms with van der Waals surface area (Å²) in [4.78, 5) is 19.1. The van der Waals surface area contributed by atoms with Crippen molar-refractivity contribution >= 4 is 32.7 Å². The molecule has 2 amide bonds. The van der Waals surface area contributed by atoms with Gasteiger partial charge in [-0.25, -0.2) is 9.78 Å². The number of carbonyl (C=O) groups excluding carboxylic acids is 1. The van der Waals surface area contributed by atoms with E-state index < -0.39 is 0 Å². The molecule has 2 heterocycles. The summed E-state index contributed by atoms with van der Waals surface area (Å²) in [6.07, 6.45) is -0.158. The average molecular weight is 383 g/mol. The zero-order valence-electron chi connectivity index (χ0n) is 15.2. The number of nitrogens with zero attached hydrogens (tertiary/aromatic N) is 2. The van der Waals surface area contributed by atoms with Gasteiger partial charge in [0.15, 0.2) is 5.13 Å². The van der Waals surface area contributed by atoms with Crippen molar-refractivity contribution in [1.29, 1.82) is 0 Å². The first kappa shape index (κ1) is 17.8. The summed E-state index contributed by atoms with van der Waals surface area (Å²) >= 11 is 1.44. The number of carbonyl (C=O) groups is 1. The maximum atomic E-state index is 12.8. The van der Waals surface area contributed by atoms with Crippen LogP contribution >= 0.6 is 11.3 Å². The Morgan fingerprint density at radius 2 is 2.07 bits per heavy atom. The Morgan fingerprint density at radius 3 is 2.85 bits per heavy atom. The third-order valence-corrected chi connectivity index (χ3v) is 5.46. The van der Waals surface area contributed by atoms with E-state index in [0.717, 1.165) is 21.5 Å². The fourth-order valence-corrected chi connectivity index (χ4v) is 4.11. The van der Waals surface area contributed by atoms with Crippen LogP contribution in [0.2, 0.25) is 0 Å². The number of ether oxygens (including phenoxy) is 2. The molecule has 4 rings (SSSR count). The van der Waals surface area contributed by atoms with Crippen molar-refractivity contribution in [2.24, 2.45) is 0 Å². The van der Waals surface area contributed by atoms with E-state index >= 15 is 0 Å². The van der Waals surface area contributed by atoms with Crippen molar-refractivity contribution in [2.45, 2.75) is 19.1 Å². The molecule has 0 bridgehead atoms. The van der Waals surface area contributed by atoms with E-state index in [2.05, 4.69) is 10.3 Å². The lowest BCUT2D eigenvalue weighted by Crippen LogP contribution is -2.47. The van der Waals surface area contributed by atoms with Crippen LogP contribution in [0.4, 0.5) is 9.93 Å². The first-order valence-electron chi connectivity index (χ1n) is 8.83. The summed E-state index contributed by atoms with van der Waals surface area (Å²) in [5.74, 6) is 0.775. The Hall–Kier alpha value is -2.64. The number of nitrogens with one attached hydrogen (secondary N) is 1. The molecular weight excluding hydrogens is 362 g/mol. The van der Waals surface area contributed by atoms with E-state index in [4.69, 9.17) is 9.47 Å². The Balaban J connectivity index is 1.48. The highest BCUT2D eigenvalue weighted by Crippen LogP contribution is 2.30. The van der Waals surface area contributed by atoms with Gasteiger partial charge < -0.3 is 14.4 Å². The average Bonchev–Trinajstić information content (AvgIpc) is 3.09. The summed E-state index contributed by atoms with van der Waals surface area (Å²) < 4.78 is 12.2. The molecule has 1 N–H and O–H groups in total. The van der Waals surface area contributed by atoms with Gasteiger partial charge in [-0.1, -0.05) is 41.7 Å². The molecule has 1 aliphatic heterocycles. The molecule has 0 aliphatic carbocycles. The lowest BCUT2D eigenvalue weighted by molar-refractivity contribution is -0.0642. The molecule has 1 aromatic heterocycles. The third-order valence-electron chi connectivity index (χ3n) is 4.53. The smallest absolute Gasteiger partial charge is 0.323 e. The lowest BCUT2D eigenvalue weighted by Gasteiger charge is -2.36. The van der Waals surface area contributed by atoms with Gasteiger partial charge in [0.05, 0.1) is 30.0 Å². The highest BCUT2D eigenvalue weighted by atomic mass is 32.1. The molecule has 0 unspecified atom stereocenters. The number of morpholine rings is 1. The summed E-state index contributed by atoms with van der Waals surface area (Å²) in [6.45, 7) is 3.05. The Morgan fingerprint density at radius 1 is 1.26 bits per heavy atom. The number of urea groups is 1. The molecule has 2 aromatic carbocycles. The minimum atomic E-state index is -0.155. The molecule has 3 aromatic rings. The van der Waals surface area contributed by atoms with Crippen LogP contribution in [0.3, 0.4) is 0 Å². The minimum Gasteiger partial charge on any atom is -0.497 e. The van der Waals surface area contributed by atoms with Crippen LogP contribution < -0.4 is 10.1 Å². The molecule has 0 radical (unpaired) electrons. The van der Waals surface area contributed by atoms with Gasteiger partial charge in [0.2, 0.25) is 0 Å². The van der Waals surface area contributed by atoms with Crippen LogP contribution in [0.25, 0.3) is 10.2 Å². The molecule has 1 saturated heterocycles. The second kappa shape index (κ2) is 7.54. The monoisotopic (exact) mass is 383 g/mol. The van der Waals surface area contributed by atoms with E-state index in [0.29, 0.717) is 18.2 Å². The molecule has 0 saturated carbocycles. The van der Waals surface area contributed by atoms with Gasteiger partial charge in [-0.3, -0.25) is 5.32 Å². The molecule has 27 heavy (non-hydrogen) atoms. The molecule has 0 spiro atoms. The van der Waals surface area contributed by atoms with Crippen LogP contribution in [-0.4, -0.2) is 42.2 Å². The van der Waals surface area contributed by atoms with Crippen molar-refractivity contribution in [1.82, 2.24) is 9.88 Å². The van der Waals surface area contributed by atoms with Gasteiger partial charge in [-0.15, -0.1) is 0 Å². The standard InChI is InChI=1S/C20H21N3O3S/c1-13-11-23(12-17(26-13)14-6-4-3-5-7-14)20(24)22-19-21-16-9-8-15(25-2)10-18(16)27-19/h3-10,13,17H,11-12H2,1-2H3,(H,21,22,24)/t13-,17-/m0/s1. The van der Waals surface area contributed by atoms with E-state index in [9.17, 15) is 4.79 Å². The van der Waals surface area contributed by atoms with Crippen molar-refractivity contribution in [2.75, 3.05) is 25.5 Å². The number of amides is 2. The maximum Gasteiger partial charge on any atom is 0.323 e. The predicted octanol–water partition coefficient (Wildman–Crippen LogP) is 4.30. The van der Waals surface area contributed by atoms with Crippen molar-refractivity contribution < 1.29 is 14.3 Å². The quantitative estimate of drug-likeness (QED) is 0.732. The van der Waals surface area contributed by atoms with E-state index in [1.807, 2.05) is 55.5 Å². The zero-order chi connectivity index (χ0) is 18.8. The van der Waals surface area contributed by atoms with Gasteiger partial charge in [0.1, 0.15) is 11.9 Å². The number of thiazole rings is 1. The molecule has 1 aliphatic rings. The van der Waals surface area contributed by atoms with Crippen molar-refractivity contribution in [3.8, 4) is 5.75 Å². The fourth-order valence-electron chi connectivity index (χ4n) is 3.22. The predicted molar refractivity (Wildman–Crippen MR) is 106 cm³/mol. The summed E-state index contributed by atoms with van der Waals surface area (Å²) in [5.41, 5.74) is 1.92. The number of benzene rings is 2. The number of hydrogen-bond acceptors (Lipinski definition) is 5. The maximum absolute atomic E-state index is 12.8. The highest BCUT2D eigenvalue weighted by Gasteiger charge is 2.29. The zero-order valence-corrected chi connectivity index (χ0v) is 16.0. The summed E-state index contributed by atoms with van der Waals surface area (Å²) in [6, 6.07) is 15.5. The van der Waals surface area contributed by atoms with Crippen LogP contribution in [0.15, 0.2) is 48.5 Å². The molecule has 140 valence electrons. The number of hydrogen-bond donors (Lipinski definition) is 1. The van der Waals surface area contributed by atoms with Crippen LogP contribution in [0.1, 0.15) is 18.6 Å². The molecule has 2 atom stereocenters. The summed E-state index contributed by atoms with van der Waals surface area (Å²) in [7, 11) is 1.63. The van der Waals surface area contributed by atoms with Crippen molar-refractivity contribution in [3.63, 3.8) is 0 Å². The Bertz CT molecular complexity index is 944. The van der Waals surface area contributed by atoms with Crippen LogP contribution in [0, 0.1) is 0 Å². The Kier molecular flexibility index (Phi) is 4.96. The van der Waals surface area contributed by atoms with E-state index in [1.54, 1.807) is 12.0 Å². The molecular formula is C20H21N3O3S. The Labute approximate surface area is 161 Å². The van der Waals surface area contributed by atoms with Gasteiger partial charge in [-0.05, 0) is 30.7 Å². The van der Waals surface area contributed by atoms with E-state index in [1.165, 1.54) is 11.3 Å². The van der Waals surface area contributed by atoms with Crippen LogP contribution in [-0.2, 0) is 4.74 Å². The second-order valence-corrected chi connectivity index (χ2v) is 7.56. The second-order valence-electron chi connectivity index (χ2n) is 6.53. The van der Waals surface area contributed by atoms with Crippen molar-refractivity contribution in [3.05, 3.63) is 54.1 Å². The number of aromatic nitrogens is 1. The number of fused-ring (bicyclic) bond motifs is 1. The molecule has 1 fully saturated rings. The first-order chi connectivity index (χ1) is 13.1. The van der Waals surface area contributed by atoms with Gasteiger partial charge >= 0.3 is 6.03 Å². The minimum absolute atomic E-state index is 0.0330. The first-order valence-corrected chi connectivity index (χ1v) is 9.65. The van der Waals surface area contributed by atoms with Gasteiger partial charge in [0.25, 0.3) is 0 Å². The molecule has 7 heteroatoms. The van der Waals surface area contributed by atoms with Gasteiger partial charge in [0, 0.05) is 6.54 Å². The fraction of sp³-hybridized carbons (Fsp3) is 0.300. The number of methoxy groups -OCH3 is 1. The summed E-state index contributed by atoms with van der Waals surface area (Å²) in [5, 5.41) is 3.51. The van der Waals surface area contributed by atoms with E-state index in [-0.39, 0.29) is 18.2 Å². The highest BCUT2D eigenvalue weighted by molar-refractivity contribution is 7.22. The lowest BCUT2D eigenvalue weighted by atomic mass is 10.1. The SMILES string of the molecule is COc1ccc2nc(NC(=O)N3C[C@@H](c4ccccc4)O[C@@H](C)C3)sc2c1. The molecule has 6 nitrogen and oxygen atoms in total. The topological polar surface area (TPSA) is 63.7 Å².